The fraction of sp³-hybridized carbons (Fsp3) is 0.700. The van der Waals surface area contributed by atoms with Crippen molar-refractivity contribution < 1.29 is 4.39 Å². The van der Waals surface area contributed by atoms with Crippen molar-refractivity contribution in [3.05, 3.63) is 16.6 Å². The highest BCUT2D eigenvalue weighted by molar-refractivity contribution is 7.09. The molecule has 0 radical (unpaired) electrons. The van der Waals surface area contributed by atoms with Crippen LogP contribution in [0.4, 0.5) is 4.39 Å². The van der Waals surface area contributed by atoms with Gasteiger partial charge in [-0.2, -0.15) is 0 Å². The summed E-state index contributed by atoms with van der Waals surface area (Å²) in [7, 11) is 0. The lowest BCUT2D eigenvalue weighted by molar-refractivity contribution is 0.188. The van der Waals surface area contributed by atoms with Crippen LogP contribution in [0.25, 0.3) is 0 Å². The van der Waals surface area contributed by atoms with Crippen molar-refractivity contribution in [2.75, 3.05) is 13.1 Å². The number of rotatable bonds is 3. The van der Waals surface area contributed by atoms with Crippen LogP contribution in [0.15, 0.2) is 11.7 Å². The molecule has 1 aliphatic rings. The fourth-order valence-electron chi connectivity index (χ4n) is 1.91. The molecule has 0 saturated carbocycles. The lowest BCUT2D eigenvalue weighted by Gasteiger charge is -2.25. The Kier molecular flexibility index (Phi) is 3.48. The molecule has 2 heterocycles. The van der Waals surface area contributed by atoms with E-state index in [9.17, 15) is 4.39 Å². The molecule has 0 aliphatic carbocycles. The van der Waals surface area contributed by atoms with E-state index in [0.717, 1.165) is 30.8 Å². The van der Waals surface area contributed by atoms with Crippen LogP contribution in [0.5, 0.6) is 0 Å². The maximum atomic E-state index is 13.8. The third-order valence-corrected chi connectivity index (χ3v) is 3.58. The number of nitrogens with zero attached hydrogens (tertiary/aromatic N) is 1. The van der Waals surface area contributed by atoms with Crippen LogP contribution >= 0.6 is 11.3 Å². The van der Waals surface area contributed by atoms with Gasteiger partial charge in [-0.25, -0.2) is 4.39 Å². The topological polar surface area (TPSA) is 24.9 Å². The van der Waals surface area contributed by atoms with Gasteiger partial charge in [-0.1, -0.05) is 0 Å². The lowest BCUT2D eigenvalue weighted by atomic mass is 9.91. The first-order valence-electron chi connectivity index (χ1n) is 5.08. The van der Waals surface area contributed by atoms with Gasteiger partial charge in [0.1, 0.15) is 6.17 Å². The summed E-state index contributed by atoms with van der Waals surface area (Å²) in [5, 5.41) is 3.25. The summed E-state index contributed by atoms with van der Waals surface area (Å²) in [6.07, 6.45) is 3.59. The third kappa shape index (κ3) is 2.51. The Morgan fingerprint density at radius 3 is 3.00 bits per heavy atom. The summed E-state index contributed by atoms with van der Waals surface area (Å²) in [5.41, 5.74) is 1.77. The maximum absolute atomic E-state index is 13.8. The fourth-order valence-corrected chi connectivity index (χ4v) is 2.54. The molecule has 1 N–H and O–H groups in total. The Balaban J connectivity index is 1.85. The van der Waals surface area contributed by atoms with E-state index in [2.05, 4.69) is 10.3 Å². The van der Waals surface area contributed by atoms with Crippen LogP contribution in [0.1, 0.15) is 17.7 Å². The summed E-state index contributed by atoms with van der Waals surface area (Å²) in [4.78, 5) is 5.03. The quantitative estimate of drug-likeness (QED) is 0.832. The molecule has 0 aromatic carbocycles. The Morgan fingerprint density at radius 1 is 1.57 bits per heavy atom. The molecule has 78 valence electrons. The number of piperidine rings is 1. The lowest BCUT2D eigenvalue weighted by Crippen LogP contribution is -2.33. The first kappa shape index (κ1) is 10.1. The van der Waals surface area contributed by atoms with E-state index >= 15 is 0 Å². The molecule has 1 aromatic heterocycles. The molecule has 1 fully saturated rings. The van der Waals surface area contributed by atoms with Crippen LogP contribution in [-0.4, -0.2) is 24.2 Å². The minimum absolute atomic E-state index is 0.248. The van der Waals surface area contributed by atoms with Gasteiger partial charge in [-0.3, -0.25) is 4.98 Å². The molecule has 14 heavy (non-hydrogen) atoms. The normalized spacial score (nSPS) is 20.9. The van der Waals surface area contributed by atoms with E-state index in [1.54, 1.807) is 23.0 Å². The van der Waals surface area contributed by atoms with Crippen molar-refractivity contribution in [1.29, 1.82) is 0 Å². The van der Waals surface area contributed by atoms with Gasteiger partial charge in [0, 0.05) is 17.5 Å². The van der Waals surface area contributed by atoms with E-state index in [-0.39, 0.29) is 5.92 Å². The molecule has 2 nitrogen and oxygen atoms in total. The standard InChI is InChI=1S/C10H15FN2S/c11-10(5-9-6-13-7-14-9)8-1-3-12-4-2-8/h6-8,10,12H,1-5H2. The zero-order valence-electron chi connectivity index (χ0n) is 8.08. The van der Waals surface area contributed by atoms with Crippen molar-refractivity contribution in [3.63, 3.8) is 0 Å². The smallest absolute Gasteiger partial charge is 0.108 e. The maximum Gasteiger partial charge on any atom is 0.108 e. The third-order valence-electron chi connectivity index (χ3n) is 2.77. The zero-order valence-corrected chi connectivity index (χ0v) is 8.89. The van der Waals surface area contributed by atoms with Gasteiger partial charge in [0.2, 0.25) is 0 Å². The summed E-state index contributed by atoms with van der Waals surface area (Å²) >= 11 is 1.55. The highest BCUT2D eigenvalue weighted by Crippen LogP contribution is 2.23. The van der Waals surface area contributed by atoms with Crippen molar-refractivity contribution in [1.82, 2.24) is 10.3 Å². The van der Waals surface area contributed by atoms with Crippen LogP contribution in [0.3, 0.4) is 0 Å². The number of aromatic nitrogens is 1. The van der Waals surface area contributed by atoms with Crippen molar-refractivity contribution in [2.45, 2.75) is 25.4 Å². The first-order chi connectivity index (χ1) is 6.86. The van der Waals surface area contributed by atoms with Crippen LogP contribution in [-0.2, 0) is 6.42 Å². The van der Waals surface area contributed by atoms with Gasteiger partial charge in [0.15, 0.2) is 0 Å². The van der Waals surface area contributed by atoms with Crippen LogP contribution in [0.2, 0.25) is 0 Å². The summed E-state index contributed by atoms with van der Waals surface area (Å²) < 4.78 is 13.8. The number of alkyl halides is 1. The predicted molar refractivity (Wildman–Crippen MR) is 56.3 cm³/mol. The zero-order chi connectivity index (χ0) is 9.80. The van der Waals surface area contributed by atoms with Crippen molar-refractivity contribution >= 4 is 11.3 Å². The number of thiazole rings is 1. The molecular formula is C10H15FN2S. The Labute approximate surface area is 87.6 Å². The van der Waals surface area contributed by atoms with Gasteiger partial charge < -0.3 is 5.32 Å². The predicted octanol–water partition coefficient (Wildman–Crippen LogP) is 2.02. The van der Waals surface area contributed by atoms with E-state index in [1.165, 1.54) is 0 Å². The molecule has 0 amide bonds. The van der Waals surface area contributed by atoms with E-state index in [0.29, 0.717) is 6.42 Å². The molecule has 1 aliphatic heterocycles. The molecule has 1 saturated heterocycles. The second kappa shape index (κ2) is 4.84. The average molecular weight is 214 g/mol. The molecule has 4 heteroatoms. The molecular weight excluding hydrogens is 199 g/mol. The Bertz CT molecular complexity index is 257. The van der Waals surface area contributed by atoms with Gasteiger partial charge in [0.05, 0.1) is 5.51 Å². The molecule has 1 aromatic rings. The highest BCUT2D eigenvalue weighted by atomic mass is 32.1. The number of hydrogen-bond donors (Lipinski definition) is 1. The van der Waals surface area contributed by atoms with E-state index in [4.69, 9.17) is 0 Å². The van der Waals surface area contributed by atoms with Gasteiger partial charge in [-0.15, -0.1) is 11.3 Å². The second-order valence-corrected chi connectivity index (χ2v) is 4.75. The molecule has 1 atom stereocenters. The minimum Gasteiger partial charge on any atom is -0.317 e. The average Bonchev–Trinajstić information content (AvgIpc) is 2.72. The van der Waals surface area contributed by atoms with Crippen molar-refractivity contribution in [2.24, 2.45) is 5.92 Å². The van der Waals surface area contributed by atoms with Crippen LogP contribution in [0, 0.1) is 5.92 Å². The summed E-state index contributed by atoms with van der Waals surface area (Å²) in [5.74, 6) is 0.248. The monoisotopic (exact) mass is 214 g/mol. The molecule has 1 unspecified atom stereocenters. The molecule has 2 rings (SSSR count). The minimum atomic E-state index is -0.683. The highest BCUT2D eigenvalue weighted by Gasteiger charge is 2.23. The summed E-state index contributed by atoms with van der Waals surface area (Å²) in [6.45, 7) is 1.93. The van der Waals surface area contributed by atoms with Crippen molar-refractivity contribution in [3.8, 4) is 0 Å². The number of hydrogen-bond acceptors (Lipinski definition) is 3. The van der Waals surface area contributed by atoms with Gasteiger partial charge in [0.25, 0.3) is 0 Å². The SMILES string of the molecule is FC(Cc1cncs1)C1CCNCC1. The van der Waals surface area contributed by atoms with Gasteiger partial charge in [-0.05, 0) is 31.8 Å². The van der Waals surface area contributed by atoms with E-state index in [1.807, 2.05) is 0 Å². The first-order valence-corrected chi connectivity index (χ1v) is 5.96. The number of nitrogens with one attached hydrogen (secondary N) is 1. The Morgan fingerprint density at radius 2 is 2.36 bits per heavy atom. The summed E-state index contributed by atoms with van der Waals surface area (Å²) in [6, 6.07) is 0. The second-order valence-electron chi connectivity index (χ2n) is 3.78. The molecule has 0 bridgehead atoms. The van der Waals surface area contributed by atoms with E-state index < -0.39 is 6.17 Å². The van der Waals surface area contributed by atoms with Crippen LogP contribution < -0.4 is 5.32 Å². The van der Waals surface area contributed by atoms with Gasteiger partial charge >= 0.3 is 0 Å². The molecule has 0 spiro atoms. The largest absolute Gasteiger partial charge is 0.317 e. The number of halogens is 1. The Hall–Kier alpha value is -0.480.